The highest BCUT2D eigenvalue weighted by Gasteiger charge is 2.27. The highest BCUT2D eigenvalue weighted by atomic mass is 32.2. The van der Waals surface area contributed by atoms with E-state index in [-0.39, 0.29) is 15.0 Å². The summed E-state index contributed by atoms with van der Waals surface area (Å²) in [7, 11) is -3.64. The van der Waals surface area contributed by atoms with Gasteiger partial charge in [0.1, 0.15) is 0 Å². The van der Waals surface area contributed by atoms with E-state index in [0.29, 0.717) is 48.5 Å². The van der Waals surface area contributed by atoms with Crippen LogP contribution in [0.25, 0.3) is 11.3 Å². The van der Waals surface area contributed by atoms with Crippen LogP contribution in [-0.4, -0.2) is 90.9 Å². The van der Waals surface area contributed by atoms with Crippen molar-refractivity contribution in [2.75, 3.05) is 71.8 Å². The third-order valence-electron chi connectivity index (χ3n) is 8.42. The van der Waals surface area contributed by atoms with Gasteiger partial charge in [0.2, 0.25) is 27.7 Å². The second-order valence-corrected chi connectivity index (χ2v) is 15.0. The molecule has 5 heterocycles. The molecule has 1 amide bonds. The maximum atomic E-state index is 13.1. The lowest BCUT2D eigenvalue weighted by atomic mass is 10.2. The third kappa shape index (κ3) is 6.62. The number of amides is 1. The minimum Gasteiger partial charge on any atom is -0.341 e. The summed E-state index contributed by atoms with van der Waals surface area (Å²) in [5.41, 5.74) is 1.33. The normalized spacial score (nSPS) is 17.1. The molecule has 0 aliphatic carbocycles. The molecule has 3 aliphatic heterocycles. The molecular formula is C31H35N9O3S3. The quantitative estimate of drug-likeness (QED) is 0.251. The van der Waals surface area contributed by atoms with Crippen molar-refractivity contribution >= 4 is 61.3 Å². The summed E-state index contributed by atoms with van der Waals surface area (Å²) in [6, 6.07) is 15.1. The van der Waals surface area contributed by atoms with E-state index in [4.69, 9.17) is 15.0 Å². The molecule has 4 aromatic rings. The molecule has 3 fully saturated rings. The molecule has 3 saturated heterocycles. The Kier molecular flexibility index (Phi) is 8.95. The first kappa shape index (κ1) is 30.7. The maximum Gasteiger partial charge on any atom is 0.302 e. The Hall–Kier alpha value is -3.95. The number of nitrogens with one attached hydrogen (secondary N) is 1. The molecule has 0 saturated carbocycles. The zero-order chi connectivity index (χ0) is 31.5. The van der Waals surface area contributed by atoms with Crippen molar-refractivity contribution in [3.8, 4) is 11.3 Å². The number of thiazole rings is 1. The molecule has 0 bridgehead atoms. The third-order valence-corrected chi connectivity index (χ3v) is 11.8. The van der Waals surface area contributed by atoms with Gasteiger partial charge < -0.3 is 19.6 Å². The topological polar surface area (TPSA) is 128 Å². The van der Waals surface area contributed by atoms with Gasteiger partial charge in [-0.15, -0.1) is 11.3 Å². The zero-order valence-electron chi connectivity index (χ0n) is 25.3. The first-order valence-corrected chi connectivity index (χ1v) is 18.7. The molecule has 0 radical (unpaired) electrons. The Morgan fingerprint density at radius 1 is 0.696 bits per heavy atom. The molecule has 15 heteroatoms. The largest absolute Gasteiger partial charge is 0.341 e. The number of hydrogen-bond donors (Lipinski definition) is 1. The number of carbonyl (C=O) groups excluding carboxylic acids is 1. The minimum atomic E-state index is -3.64. The van der Waals surface area contributed by atoms with Crippen LogP contribution in [0, 0.1) is 0 Å². The fourth-order valence-corrected chi connectivity index (χ4v) is 8.59. The number of anilines is 4. The van der Waals surface area contributed by atoms with Crippen LogP contribution in [0.3, 0.4) is 0 Å². The molecule has 3 aliphatic rings. The zero-order valence-corrected chi connectivity index (χ0v) is 27.7. The summed E-state index contributed by atoms with van der Waals surface area (Å²) in [4.78, 5) is 41.2. The Bertz CT molecular complexity index is 1750. The lowest BCUT2D eigenvalue weighted by Crippen LogP contribution is -2.48. The van der Waals surface area contributed by atoms with Gasteiger partial charge in [-0.05, 0) is 49.9 Å². The Morgan fingerprint density at radius 2 is 1.26 bits per heavy atom. The van der Waals surface area contributed by atoms with Crippen LogP contribution in [0.5, 0.6) is 0 Å². The van der Waals surface area contributed by atoms with Gasteiger partial charge in [-0.2, -0.15) is 15.0 Å². The van der Waals surface area contributed by atoms with Gasteiger partial charge in [0.05, 0.1) is 15.5 Å². The summed E-state index contributed by atoms with van der Waals surface area (Å²) in [6.45, 7) is 6.28. The van der Waals surface area contributed by atoms with Gasteiger partial charge in [0, 0.05) is 75.2 Å². The smallest absolute Gasteiger partial charge is 0.302 e. The minimum absolute atomic E-state index is 0.0847. The van der Waals surface area contributed by atoms with E-state index in [1.54, 1.807) is 48.5 Å². The number of aromatic nitrogens is 4. The van der Waals surface area contributed by atoms with E-state index in [1.807, 2.05) is 16.3 Å². The van der Waals surface area contributed by atoms with Crippen molar-refractivity contribution in [2.45, 2.75) is 35.5 Å². The summed E-state index contributed by atoms with van der Waals surface area (Å²) in [5.74, 6) is 2.21. The number of carbonyl (C=O) groups is 1. The number of sulfone groups is 1. The first-order chi connectivity index (χ1) is 22.4. The molecule has 240 valence electrons. The number of nitrogens with zero attached hydrogens (tertiary/aromatic N) is 8. The summed E-state index contributed by atoms with van der Waals surface area (Å²) < 4.78 is 29.3. The average Bonchev–Trinajstić information content (AvgIpc) is 3.92. The Balaban J connectivity index is 0.960. The highest BCUT2D eigenvalue weighted by molar-refractivity contribution is 8.14. The number of hydrogen-bond acceptors (Lipinski definition) is 13. The molecule has 2 aromatic carbocycles. The van der Waals surface area contributed by atoms with Gasteiger partial charge in [0.15, 0.2) is 5.13 Å². The Morgan fingerprint density at radius 3 is 1.87 bits per heavy atom. The molecule has 12 nitrogen and oxygen atoms in total. The molecule has 0 atom stereocenters. The number of rotatable bonds is 8. The fourth-order valence-electron chi connectivity index (χ4n) is 5.85. The van der Waals surface area contributed by atoms with Crippen LogP contribution < -0.4 is 19.4 Å². The number of benzene rings is 2. The molecule has 7 rings (SSSR count). The van der Waals surface area contributed by atoms with Crippen LogP contribution in [0.15, 0.2) is 69.8 Å². The van der Waals surface area contributed by atoms with Crippen LogP contribution in [0.4, 0.5) is 27.8 Å². The number of piperazine rings is 1. The van der Waals surface area contributed by atoms with E-state index >= 15 is 0 Å². The molecular weight excluding hydrogens is 643 g/mol. The predicted octanol–water partition coefficient (Wildman–Crippen LogP) is 5.03. The predicted molar refractivity (Wildman–Crippen MR) is 183 cm³/mol. The molecule has 0 spiro atoms. The fraction of sp³-hybridized carbons (Fsp3) is 0.387. The van der Waals surface area contributed by atoms with Gasteiger partial charge in [-0.3, -0.25) is 9.52 Å². The summed E-state index contributed by atoms with van der Waals surface area (Å²) >= 11 is 2.36. The second kappa shape index (κ2) is 13.4. The standard InChI is InChI=1S/C31H35N9O3S3/c41-31(45-36-30-32-26(22-44-30)23-9-8-12-25(21-23)46(42,43)24-10-2-1-3-11-24)40-19-17-39(18-20-40)29-34-27(37-13-4-5-14-37)33-28(35-29)38-15-6-7-16-38/h1-3,8-12,21-22H,4-7,13-20H2,(H,32,36). The van der Waals surface area contributed by atoms with Crippen molar-refractivity contribution < 1.29 is 13.2 Å². The highest BCUT2D eigenvalue weighted by Crippen LogP contribution is 2.31. The SMILES string of the molecule is O=C(SNc1nc(-c2cccc(S(=O)(=O)c3ccccc3)c2)cs1)N1CCN(c2nc(N3CCCC3)nc(N3CCCC3)n2)CC1. The molecule has 2 aromatic heterocycles. The van der Waals surface area contributed by atoms with Crippen molar-refractivity contribution in [3.05, 3.63) is 60.0 Å². The lowest BCUT2D eigenvalue weighted by Gasteiger charge is -2.35. The first-order valence-electron chi connectivity index (χ1n) is 15.5. The summed E-state index contributed by atoms with van der Waals surface area (Å²) in [5, 5.41) is 2.33. The van der Waals surface area contributed by atoms with Crippen LogP contribution in [0.1, 0.15) is 25.7 Å². The van der Waals surface area contributed by atoms with Crippen LogP contribution >= 0.6 is 23.3 Å². The van der Waals surface area contributed by atoms with E-state index in [9.17, 15) is 13.2 Å². The van der Waals surface area contributed by atoms with Crippen LogP contribution in [0.2, 0.25) is 0 Å². The second-order valence-electron chi connectivity index (χ2n) is 11.5. The maximum absolute atomic E-state index is 13.1. The van der Waals surface area contributed by atoms with Crippen molar-refractivity contribution in [1.82, 2.24) is 24.8 Å². The average molecular weight is 678 g/mol. The van der Waals surface area contributed by atoms with E-state index in [2.05, 4.69) is 24.4 Å². The van der Waals surface area contributed by atoms with Gasteiger partial charge in [-0.1, -0.05) is 30.3 Å². The van der Waals surface area contributed by atoms with Gasteiger partial charge in [-0.25, -0.2) is 13.4 Å². The van der Waals surface area contributed by atoms with Gasteiger partial charge in [0.25, 0.3) is 0 Å². The molecule has 0 unspecified atom stereocenters. The van der Waals surface area contributed by atoms with E-state index in [1.165, 1.54) is 11.3 Å². The summed E-state index contributed by atoms with van der Waals surface area (Å²) in [6.07, 6.45) is 4.62. The molecule has 1 N–H and O–H groups in total. The van der Waals surface area contributed by atoms with E-state index < -0.39 is 9.84 Å². The van der Waals surface area contributed by atoms with Crippen molar-refractivity contribution in [1.29, 1.82) is 0 Å². The van der Waals surface area contributed by atoms with E-state index in [0.717, 1.165) is 75.7 Å². The Labute approximate surface area is 276 Å². The van der Waals surface area contributed by atoms with Gasteiger partial charge >= 0.3 is 5.24 Å². The van der Waals surface area contributed by atoms with Crippen molar-refractivity contribution in [2.24, 2.45) is 0 Å². The monoisotopic (exact) mass is 677 g/mol. The lowest BCUT2D eigenvalue weighted by molar-refractivity contribution is 0.219. The van der Waals surface area contributed by atoms with Crippen molar-refractivity contribution in [3.63, 3.8) is 0 Å². The van der Waals surface area contributed by atoms with Crippen LogP contribution in [-0.2, 0) is 9.84 Å². The molecule has 46 heavy (non-hydrogen) atoms.